The van der Waals surface area contributed by atoms with Gasteiger partial charge in [-0.2, -0.15) is 8.78 Å². The fraction of sp³-hybridized carbons (Fsp3) is 0.318. The van der Waals surface area contributed by atoms with Crippen LogP contribution in [-0.2, 0) is 27.4 Å². The molecule has 4 N–H and O–H groups in total. The number of hydrogen-bond donors (Lipinski definition) is 4. The van der Waals surface area contributed by atoms with Gasteiger partial charge in [0.1, 0.15) is 12.7 Å². The Kier molecular flexibility index (Phi) is 9.08. The van der Waals surface area contributed by atoms with Crippen molar-refractivity contribution in [3.05, 3.63) is 71.8 Å². The van der Waals surface area contributed by atoms with Crippen LogP contribution in [0.5, 0.6) is 0 Å². The molecule has 0 heterocycles. The number of benzene rings is 2. The van der Waals surface area contributed by atoms with Gasteiger partial charge in [0, 0.05) is 6.54 Å². The van der Waals surface area contributed by atoms with E-state index < -0.39 is 49.0 Å². The van der Waals surface area contributed by atoms with Gasteiger partial charge in [-0.05, 0) is 17.5 Å². The molecule has 10 heteroatoms. The van der Waals surface area contributed by atoms with E-state index in [1.54, 1.807) is 66.0 Å². The summed E-state index contributed by atoms with van der Waals surface area (Å²) in [4.78, 5) is 34.6. The van der Waals surface area contributed by atoms with Gasteiger partial charge in [-0.1, -0.05) is 60.7 Å². The number of halogens is 2. The monoisotopic (exact) mass is 450 g/mol. The first-order chi connectivity index (χ1) is 15.2. The topological polar surface area (TPSA) is 125 Å². The minimum absolute atomic E-state index is 0.118. The summed E-state index contributed by atoms with van der Waals surface area (Å²) < 4.78 is 34.2. The number of alkyl halides is 2. The molecular weight excluding hydrogens is 426 g/mol. The highest BCUT2D eigenvalue weighted by atomic mass is 19.3. The van der Waals surface area contributed by atoms with Gasteiger partial charge in [0.25, 0.3) is 5.91 Å². The summed E-state index contributed by atoms with van der Waals surface area (Å²) >= 11 is 0. The van der Waals surface area contributed by atoms with Crippen molar-refractivity contribution in [3.63, 3.8) is 0 Å². The molecule has 2 amide bonds. The number of alkyl carbamates (subject to hydrolysis) is 1. The highest BCUT2D eigenvalue weighted by Gasteiger charge is 2.50. The normalized spacial score (nSPS) is 13.0. The van der Waals surface area contributed by atoms with Gasteiger partial charge in [-0.3, -0.25) is 9.59 Å². The van der Waals surface area contributed by atoms with E-state index in [4.69, 9.17) is 9.84 Å². The Balaban J connectivity index is 2.09. The molecule has 0 radical (unpaired) electrons. The molecule has 0 aromatic heterocycles. The fourth-order valence-corrected chi connectivity index (χ4v) is 2.81. The van der Waals surface area contributed by atoms with E-state index in [0.29, 0.717) is 11.1 Å². The predicted molar refractivity (Wildman–Crippen MR) is 110 cm³/mol. The second kappa shape index (κ2) is 11.8. The van der Waals surface area contributed by atoms with Crippen molar-refractivity contribution in [1.29, 1.82) is 0 Å². The van der Waals surface area contributed by atoms with Crippen molar-refractivity contribution in [2.45, 2.75) is 37.5 Å². The van der Waals surface area contributed by atoms with E-state index in [0.717, 1.165) is 0 Å². The number of carbonyl (C=O) groups is 3. The quantitative estimate of drug-likeness (QED) is 0.416. The molecule has 0 aliphatic rings. The van der Waals surface area contributed by atoms with Crippen molar-refractivity contribution in [3.8, 4) is 0 Å². The number of carboxylic acid groups (broad SMARTS) is 1. The third-order valence-corrected chi connectivity index (χ3v) is 4.49. The van der Waals surface area contributed by atoms with E-state index in [1.165, 1.54) is 0 Å². The second-order valence-electron chi connectivity index (χ2n) is 6.97. The number of carboxylic acids is 1. The molecule has 2 aromatic carbocycles. The van der Waals surface area contributed by atoms with Gasteiger partial charge < -0.3 is 25.6 Å². The van der Waals surface area contributed by atoms with Gasteiger partial charge in [-0.25, -0.2) is 4.79 Å². The average Bonchev–Trinajstić information content (AvgIpc) is 2.77. The molecule has 32 heavy (non-hydrogen) atoms. The van der Waals surface area contributed by atoms with E-state index >= 15 is 0 Å². The number of aliphatic hydroxyl groups excluding tert-OH is 1. The fourth-order valence-electron chi connectivity index (χ4n) is 2.81. The highest BCUT2D eigenvalue weighted by molar-refractivity contribution is 5.84. The maximum Gasteiger partial charge on any atom is 0.407 e. The molecule has 2 rings (SSSR count). The molecular formula is C22H24F2N2O6. The molecule has 172 valence electrons. The van der Waals surface area contributed by atoms with Crippen molar-refractivity contribution in [2.24, 2.45) is 0 Å². The standard InChI is InChI=1S/C22H24F2N2O6/c23-22(24,20(30)25-12-11-18(27)28)19(29)17(13-15-7-3-1-4-8-15)26-21(31)32-14-16-9-5-2-6-10-16/h1-10,17,19,29H,11-14H2,(H,25,30)(H,26,31)(H,27,28). The van der Waals surface area contributed by atoms with Gasteiger partial charge in [0.2, 0.25) is 0 Å². The summed E-state index contributed by atoms with van der Waals surface area (Å²) in [6, 6.07) is 15.3. The molecule has 0 fully saturated rings. The number of rotatable bonds is 11. The van der Waals surface area contributed by atoms with E-state index in [1.807, 2.05) is 0 Å². The molecule has 0 aliphatic heterocycles. The van der Waals surface area contributed by atoms with Gasteiger partial charge in [-0.15, -0.1) is 0 Å². The lowest BCUT2D eigenvalue weighted by Crippen LogP contribution is -2.58. The summed E-state index contributed by atoms with van der Waals surface area (Å²) in [6.45, 7) is -0.654. The third kappa shape index (κ3) is 7.62. The Bertz CT molecular complexity index is 896. The smallest absolute Gasteiger partial charge is 0.407 e. The van der Waals surface area contributed by atoms with Crippen LogP contribution in [0.2, 0.25) is 0 Å². The van der Waals surface area contributed by atoms with E-state index in [-0.39, 0.29) is 13.0 Å². The van der Waals surface area contributed by atoms with Crippen molar-refractivity contribution >= 4 is 18.0 Å². The van der Waals surface area contributed by atoms with Crippen LogP contribution >= 0.6 is 0 Å². The minimum Gasteiger partial charge on any atom is -0.481 e. The number of amides is 2. The summed E-state index contributed by atoms with van der Waals surface area (Å²) in [5.74, 6) is -7.42. The largest absolute Gasteiger partial charge is 0.481 e. The Morgan fingerprint density at radius 3 is 2.09 bits per heavy atom. The number of ether oxygens (including phenoxy) is 1. The first-order valence-corrected chi connectivity index (χ1v) is 9.77. The Labute approximate surface area is 183 Å². The van der Waals surface area contributed by atoms with Gasteiger partial charge in [0.15, 0.2) is 0 Å². The Morgan fingerprint density at radius 2 is 1.53 bits per heavy atom. The van der Waals surface area contributed by atoms with Crippen LogP contribution in [0.15, 0.2) is 60.7 Å². The first kappa shape index (κ1) is 24.7. The van der Waals surface area contributed by atoms with Crippen molar-refractivity contribution in [1.82, 2.24) is 10.6 Å². The number of aliphatic carboxylic acids is 1. The first-order valence-electron chi connectivity index (χ1n) is 9.77. The zero-order valence-electron chi connectivity index (χ0n) is 17.0. The molecule has 0 bridgehead atoms. The summed E-state index contributed by atoms with van der Waals surface area (Å²) in [5.41, 5.74) is 1.20. The van der Waals surface area contributed by atoms with Crippen LogP contribution in [0.25, 0.3) is 0 Å². The molecule has 2 aromatic rings. The number of carbonyl (C=O) groups excluding carboxylic acids is 2. The van der Waals surface area contributed by atoms with E-state index in [9.17, 15) is 28.3 Å². The zero-order chi connectivity index (χ0) is 23.6. The maximum atomic E-state index is 14.6. The van der Waals surface area contributed by atoms with E-state index in [2.05, 4.69) is 5.32 Å². The Morgan fingerprint density at radius 1 is 0.969 bits per heavy atom. The lowest BCUT2D eigenvalue weighted by Gasteiger charge is -2.29. The van der Waals surface area contributed by atoms with Crippen LogP contribution in [0.1, 0.15) is 17.5 Å². The molecule has 0 saturated heterocycles. The highest BCUT2D eigenvalue weighted by Crippen LogP contribution is 2.24. The molecule has 2 atom stereocenters. The van der Waals surface area contributed by atoms with Crippen LogP contribution < -0.4 is 10.6 Å². The third-order valence-electron chi connectivity index (χ3n) is 4.49. The SMILES string of the molecule is O=C(O)CCNC(=O)C(F)(F)C(O)C(Cc1ccccc1)NC(=O)OCc1ccccc1. The van der Waals surface area contributed by atoms with Crippen molar-refractivity contribution in [2.75, 3.05) is 6.54 Å². The van der Waals surface area contributed by atoms with Crippen molar-refractivity contribution < 1.29 is 38.1 Å². The Hall–Kier alpha value is -3.53. The van der Waals surface area contributed by atoms with Gasteiger partial charge in [0.05, 0.1) is 12.5 Å². The number of aliphatic hydroxyl groups is 1. The second-order valence-corrected chi connectivity index (χ2v) is 6.97. The summed E-state index contributed by atoms with van der Waals surface area (Å²) in [5, 5.41) is 22.9. The molecule has 0 spiro atoms. The predicted octanol–water partition coefficient (Wildman–Crippen LogP) is 2.11. The van der Waals surface area contributed by atoms with Crippen LogP contribution in [0.3, 0.4) is 0 Å². The molecule has 2 unspecified atom stereocenters. The van der Waals surface area contributed by atoms with Crippen LogP contribution in [0, 0.1) is 0 Å². The average molecular weight is 450 g/mol. The lowest BCUT2D eigenvalue weighted by atomic mass is 9.96. The lowest BCUT2D eigenvalue weighted by molar-refractivity contribution is -0.166. The summed E-state index contributed by atoms with van der Waals surface area (Å²) in [7, 11) is 0. The number of nitrogens with one attached hydrogen (secondary N) is 2. The zero-order valence-corrected chi connectivity index (χ0v) is 17.0. The number of hydrogen-bond acceptors (Lipinski definition) is 5. The molecule has 0 aliphatic carbocycles. The summed E-state index contributed by atoms with van der Waals surface area (Å²) in [6.07, 6.45) is -4.41. The molecule has 8 nitrogen and oxygen atoms in total. The molecule has 0 saturated carbocycles. The van der Waals surface area contributed by atoms with Crippen LogP contribution in [-0.4, -0.2) is 52.8 Å². The van der Waals surface area contributed by atoms with Gasteiger partial charge >= 0.3 is 18.0 Å². The maximum absolute atomic E-state index is 14.6. The minimum atomic E-state index is -4.30. The van der Waals surface area contributed by atoms with Crippen LogP contribution in [0.4, 0.5) is 13.6 Å².